The summed E-state index contributed by atoms with van der Waals surface area (Å²) in [5.74, 6) is -0.237. The molecule has 2 N–H and O–H groups in total. The van der Waals surface area contributed by atoms with Crippen LogP contribution in [0.1, 0.15) is 0 Å². The SMILES string of the molecule is NC(=O)CSc1nc(-c2cccc([N+](=O)[O-])c2)cs1. The average Bonchev–Trinajstić information content (AvgIpc) is 2.85. The molecule has 0 aliphatic rings. The van der Waals surface area contributed by atoms with Gasteiger partial charge >= 0.3 is 0 Å². The fourth-order valence-corrected chi connectivity index (χ4v) is 2.94. The van der Waals surface area contributed by atoms with Gasteiger partial charge in [0.05, 0.1) is 16.4 Å². The van der Waals surface area contributed by atoms with Crippen LogP contribution in [-0.2, 0) is 4.79 Å². The standard InChI is InChI=1S/C11H9N3O3S2/c12-10(15)6-19-11-13-9(5-18-11)7-2-1-3-8(4-7)14(16)17/h1-5H,6H2,(H2,12,15). The summed E-state index contributed by atoms with van der Waals surface area (Å²) in [6, 6.07) is 6.27. The van der Waals surface area contributed by atoms with Gasteiger partial charge in [0.1, 0.15) is 0 Å². The number of nitrogens with zero attached hydrogens (tertiary/aromatic N) is 2. The lowest BCUT2D eigenvalue weighted by atomic mass is 10.1. The summed E-state index contributed by atoms with van der Waals surface area (Å²) in [5, 5.41) is 12.5. The number of thiazole rings is 1. The molecule has 0 fully saturated rings. The first kappa shape index (κ1) is 13.5. The molecule has 6 nitrogen and oxygen atoms in total. The lowest BCUT2D eigenvalue weighted by Crippen LogP contribution is -2.12. The lowest BCUT2D eigenvalue weighted by molar-refractivity contribution is -0.384. The van der Waals surface area contributed by atoms with Gasteiger partial charge in [-0.3, -0.25) is 14.9 Å². The first-order valence-electron chi connectivity index (χ1n) is 5.17. The molecule has 0 aliphatic heterocycles. The highest BCUT2D eigenvalue weighted by Crippen LogP contribution is 2.29. The summed E-state index contributed by atoms with van der Waals surface area (Å²) in [6.45, 7) is 0. The van der Waals surface area contributed by atoms with E-state index in [9.17, 15) is 14.9 Å². The third kappa shape index (κ3) is 3.52. The van der Waals surface area contributed by atoms with Crippen LogP contribution in [0.15, 0.2) is 34.0 Å². The van der Waals surface area contributed by atoms with Crippen LogP contribution in [0.25, 0.3) is 11.3 Å². The molecule has 0 saturated carbocycles. The van der Waals surface area contributed by atoms with Crippen molar-refractivity contribution in [2.24, 2.45) is 5.73 Å². The molecule has 1 amide bonds. The van der Waals surface area contributed by atoms with Crippen LogP contribution in [0.4, 0.5) is 5.69 Å². The Labute approximate surface area is 116 Å². The molecule has 2 rings (SSSR count). The maximum Gasteiger partial charge on any atom is 0.270 e. The van der Waals surface area contributed by atoms with Crippen LogP contribution in [-0.4, -0.2) is 21.6 Å². The van der Waals surface area contributed by atoms with Gasteiger partial charge in [-0.25, -0.2) is 4.98 Å². The molecule has 0 saturated heterocycles. The third-order valence-electron chi connectivity index (χ3n) is 2.17. The average molecular weight is 295 g/mol. The fraction of sp³-hybridized carbons (Fsp3) is 0.0909. The van der Waals surface area contributed by atoms with Crippen LogP contribution in [0, 0.1) is 10.1 Å². The Hall–Kier alpha value is -1.93. The predicted octanol–water partition coefficient (Wildman–Crippen LogP) is 2.30. The zero-order valence-electron chi connectivity index (χ0n) is 9.61. The Kier molecular flexibility index (Phi) is 4.13. The number of nitro benzene ring substituents is 1. The van der Waals surface area contributed by atoms with Gasteiger partial charge in [-0.2, -0.15) is 0 Å². The molecule has 0 spiro atoms. The zero-order chi connectivity index (χ0) is 13.8. The summed E-state index contributed by atoms with van der Waals surface area (Å²) in [6.07, 6.45) is 0. The van der Waals surface area contributed by atoms with Crippen LogP contribution in [0.5, 0.6) is 0 Å². The second-order valence-electron chi connectivity index (χ2n) is 3.56. The number of nitro groups is 1. The van der Waals surface area contributed by atoms with Crippen molar-refractivity contribution >= 4 is 34.7 Å². The number of hydrogen-bond acceptors (Lipinski definition) is 6. The molecule has 98 valence electrons. The Bertz CT molecular complexity index is 627. The topological polar surface area (TPSA) is 99.1 Å². The number of thioether (sulfide) groups is 1. The van der Waals surface area contributed by atoms with Crippen LogP contribution >= 0.6 is 23.1 Å². The minimum Gasteiger partial charge on any atom is -0.369 e. The largest absolute Gasteiger partial charge is 0.369 e. The second-order valence-corrected chi connectivity index (χ2v) is 5.64. The summed E-state index contributed by atoms with van der Waals surface area (Å²) >= 11 is 2.63. The van der Waals surface area contributed by atoms with Gasteiger partial charge in [0, 0.05) is 23.1 Å². The predicted molar refractivity (Wildman–Crippen MR) is 74.1 cm³/mol. The molecule has 0 aliphatic carbocycles. The van der Waals surface area contributed by atoms with E-state index >= 15 is 0 Å². The van der Waals surface area contributed by atoms with E-state index in [4.69, 9.17) is 5.73 Å². The van der Waals surface area contributed by atoms with Crippen molar-refractivity contribution in [1.29, 1.82) is 0 Å². The maximum absolute atomic E-state index is 10.7. The summed E-state index contributed by atoms with van der Waals surface area (Å²) < 4.78 is 0.709. The number of non-ortho nitro benzene ring substituents is 1. The van der Waals surface area contributed by atoms with Gasteiger partial charge in [-0.1, -0.05) is 23.9 Å². The van der Waals surface area contributed by atoms with Crippen molar-refractivity contribution in [2.75, 3.05) is 5.75 Å². The Morgan fingerprint density at radius 2 is 2.32 bits per heavy atom. The van der Waals surface area contributed by atoms with E-state index in [0.29, 0.717) is 15.6 Å². The molecule has 0 radical (unpaired) electrons. The van der Waals surface area contributed by atoms with Gasteiger partial charge in [-0.15, -0.1) is 11.3 Å². The highest BCUT2D eigenvalue weighted by atomic mass is 32.2. The van der Waals surface area contributed by atoms with E-state index < -0.39 is 10.8 Å². The molecule has 8 heteroatoms. The number of carbonyl (C=O) groups is 1. The van der Waals surface area contributed by atoms with E-state index in [1.807, 2.05) is 0 Å². The number of amides is 1. The summed E-state index contributed by atoms with van der Waals surface area (Å²) in [5.41, 5.74) is 6.41. The van der Waals surface area contributed by atoms with E-state index in [1.165, 1.54) is 35.2 Å². The fourth-order valence-electron chi connectivity index (χ4n) is 1.37. The van der Waals surface area contributed by atoms with Crippen LogP contribution in [0.2, 0.25) is 0 Å². The first-order chi connectivity index (χ1) is 9.06. The number of rotatable bonds is 5. The lowest BCUT2D eigenvalue weighted by Gasteiger charge is -1.96. The maximum atomic E-state index is 10.7. The molecular weight excluding hydrogens is 286 g/mol. The van der Waals surface area contributed by atoms with Crippen molar-refractivity contribution < 1.29 is 9.72 Å². The minimum absolute atomic E-state index is 0.0249. The van der Waals surface area contributed by atoms with Crippen LogP contribution in [0.3, 0.4) is 0 Å². The van der Waals surface area contributed by atoms with Crippen molar-refractivity contribution in [2.45, 2.75) is 4.34 Å². The zero-order valence-corrected chi connectivity index (χ0v) is 11.2. The van der Waals surface area contributed by atoms with Crippen molar-refractivity contribution in [1.82, 2.24) is 4.98 Å². The highest BCUT2D eigenvalue weighted by Gasteiger charge is 2.10. The Balaban J connectivity index is 2.20. The number of aromatic nitrogens is 1. The summed E-state index contributed by atoms with van der Waals surface area (Å²) in [4.78, 5) is 25.2. The first-order valence-corrected chi connectivity index (χ1v) is 7.04. The number of hydrogen-bond donors (Lipinski definition) is 1. The quantitative estimate of drug-likeness (QED) is 0.518. The van der Waals surface area contributed by atoms with Crippen LogP contribution < -0.4 is 5.73 Å². The molecule has 0 unspecified atom stereocenters. The Morgan fingerprint density at radius 1 is 1.53 bits per heavy atom. The summed E-state index contributed by atoms with van der Waals surface area (Å²) in [7, 11) is 0. The van der Waals surface area contributed by atoms with E-state index in [1.54, 1.807) is 17.5 Å². The van der Waals surface area contributed by atoms with Gasteiger partial charge in [0.2, 0.25) is 5.91 Å². The molecular formula is C11H9N3O3S2. The van der Waals surface area contributed by atoms with Gasteiger partial charge in [0.25, 0.3) is 5.69 Å². The molecule has 1 heterocycles. The molecule has 0 atom stereocenters. The van der Waals surface area contributed by atoms with Gasteiger partial charge in [-0.05, 0) is 0 Å². The van der Waals surface area contributed by atoms with E-state index in [0.717, 1.165) is 0 Å². The normalized spacial score (nSPS) is 10.3. The smallest absolute Gasteiger partial charge is 0.270 e. The molecule has 19 heavy (non-hydrogen) atoms. The number of benzene rings is 1. The van der Waals surface area contributed by atoms with E-state index in [2.05, 4.69) is 4.98 Å². The number of nitrogens with two attached hydrogens (primary N) is 1. The van der Waals surface area contributed by atoms with Crippen molar-refractivity contribution in [3.8, 4) is 11.3 Å². The number of primary amides is 1. The molecule has 1 aromatic carbocycles. The van der Waals surface area contributed by atoms with E-state index in [-0.39, 0.29) is 11.4 Å². The van der Waals surface area contributed by atoms with Crippen molar-refractivity contribution in [3.63, 3.8) is 0 Å². The minimum atomic E-state index is -0.446. The monoisotopic (exact) mass is 295 g/mol. The third-order valence-corrected chi connectivity index (χ3v) is 4.22. The van der Waals surface area contributed by atoms with Crippen molar-refractivity contribution in [3.05, 3.63) is 39.8 Å². The Morgan fingerprint density at radius 3 is 3.00 bits per heavy atom. The van der Waals surface area contributed by atoms with Gasteiger partial charge in [0.15, 0.2) is 4.34 Å². The second kappa shape index (κ2) is 5.81. The molecule has 0 bridgehead atoms. The van der Waals surface area contributed by atoms with Gasteiger partial charge < -0.3 is 5.73 Å². The molecule has 1 aromatic heterocycles. The highest BCUT2D eigenvalue weighted by molar-refractivity contribution is 8.01. The molecule has 2 aromatic rings. The number of carbonyl (C=O) groups excluding carboxylic acids is 1.